The zero-order chi connectivity index (χ0) is 14.7. The van der Waals surface area contributed by atoms with E-state index in [0.717, 1.165) is 37.2 Å². The summed E-state index contributed by atoms with van der Waals surface area (Å²) in [5.41, 5.74) is 5.86. The lowest BCUT2D eigenvalue weighted by Crippen LogP contribution is -2.43. The van der Waals surface area contributed by atoms with E-state index in [0.29, 0.717) is 13.2 Å². The zero-order valence-electron chi connectivity index (χ0n) is 12.1. The molecule has 21 heavy (non-hydrogen) atoms. The molecule has 1 fully saturated rings. The van der Waals surface area contributed by atoms with Crippen LogP contribution in [0.1, 0.15) is 25.7 Å². The van der Waals surface area contributed by atoms with E-state index in [-0.39, 0.29) is 24.0 Å². The molecule has 0 spiro atoms. The van der Waals surface area contributed by atoms with E-state index in [2.05, 4.69) is 5.32 Å². The monoisotopic (exact) mass is 290 g/mol. The number of nitrogens with two attached hydrogens (primary N) is 1. The van der Waals surface area contributed by atoms with Crippen LogP contribution >= 0.6 is 0 Å². The van der Waals surface area contributed by atoms with E-state index in [9.17, 15) is 4.79 Å². The smallest absolute Gasteiger partial charge is 0.223 e. The van der Waals surface area contributed by atoms with Gasteiger partial charge in [-0.15, -0.1) is 0 Å². The van der Waals surface area contributed by atoms with Crippen molar-refractivity contribution >= 4 is 5.91 Å². The van der Waals surface area contributed by atoms with Crippen LogP contribution in [0, 0.1) is 5.92 Å². The van der Waals surface area contributed by atoms with Gasteiger partial charge in [0.25, 0.3) is 0 Å². The van der Waals surface area contributed by atoms with Crippen molar-refractivity contribution in [2.24, 2.45) is 11.7 Å². The molecule has 3 rings (SSSR count). The summed E-state index contributed by atoms with van der Waals surface area (Å²) in [6, 6.07) is 7.86. The summed E-state index contributed by atoms with van der Waals surface area (Å²) in [5, 5.41) is 2.98. The third-order valence-electron chi connectivity index (χ3n) is 4.21. The Morgan fingerprint density at radius 2 is 1.90 bits per heavy atom. The molecule has 0 aromatic heterocycles. The average molecular weight is 290 g/mol. The Morgan fingerprint density at radius 1 is 1.19 bits per heavy atom. The molecule has 2 aliphatic rings. The summed E-state index contributed by atoms with van der Waals surface area (Å²) in [7, 11) is 0. The fourth-order valence-electron chi connectivity index (χ4n) is 2.90. The highest BCUT2D eigenvalue weighted by Crippen LogP contribution is 2.30. The number of hydrogen-bond donors (Lipinski definition) is 2. The minimum atomic E-state index is -0.130. The number of para-hydroxylation sites is 2. The zero-order valence-corrected chi connectivity index (χ0v) is 12.1. The third-order valence-corrected chi connectivity index (χ3v) is 4.21. The number of ether oxygens (including phenoxy) is 2. The van der Waals surface area contributed by atoms with Gasteiger partial charge in [0.1, 0.15) is 12.7 Å². The summed E-state index contributed by atoms with van der Waals surface area (Å²) < 4.78 is 11.5. The molecule has 1 amide bonds. The van der Waals surface area contributed by atoms with Gasteiger partial charge in [-0.3, -0.25) is 4.79 Å². The van der Waals surface area contributed by atoms with Crippen LogP contribution in [-0.2, 0) is 4.79 Å². The molecule has 3 N–H and O–H groups in total. The number of benzene rings is 1. The predicted octanol–water partition coefficient (Wildman–Crippen LogP) is 1.46. The Bertz CT molecular complexity index is 498. The molecule has 1 unspecified atom stereocenters. The van der Waals surface area contributed by atoms with Gasteiger partial charge >= 0.3 is 0 Å². The number of carbonyl (C=O) groups excluding carboxylic acids is 1. The SMILES string of the molecule is NC1CCC(C(=O)NCC2COc3ccccc3O2)CC1. The summed E-state index contributed by atoms with van der Waals surface area (Å²) in [5.74, 6) is 1.72. The molecule has 1 atom stereocenters. The highest BCUT2D eigenvalue weighted by Gasteiger charge is 2.26. The minimum Gasteiger partial charge on any atom is -0.486 e. The first-order chi connectivity index (χ1) is 10.2. The summed E-state index contributed by atoms with van der Waals surface area (Å²) in [6.07, 6.45) is 3.52. The lowest BCUT2D eigenvalue weighted by Gasteiger charge is -2.28. The number of fused-ring (bicyclic) bond motifs is 1. The molecule has 5 nitrogen and oxygen atoms in total. The van der Waals surface area contributed by atoms with Gasteiger partial charge in [-0.05, 0) is 37.8 Å². The standard InChI is InChI=1S/C16H22N2O3/c17-12-7-5-11(6-8-12)16(19)18-9-13-10-20-14-3-1-2-4-15(14)21-13/h1-4,11-13H,5-10,17H2,(H,18,19). The van der Waals surface area contributed by atoms with E-state index >= 15 is 0 Å². The summed E-state index contributed by atoms with van der Waals surface area (Å²) in [4.78, 5) is 12.1. The van der Waals surface area contributed by atoms with Crippen LogP contribution in [0.3, 0.4) is 0 Å². The van der Waals surface area contributed by atoms with E-state index in [1.807, 2.05) is 24.3 Å². The van der Waals surface area contributed by atoms with Crippen molar-refractivity contribution < 1.29 is 14.3 Å². The Labute approximate surface area is 124 Å². The molecule has 5 heteroatoms. The first-order valence-electron chi connectivity index (χ1n) is 7.64. The van der Waals surface area contributed by atoms with Crippen molar-refractivity contribution in [3.05, 3.63) is 24.3 Å². The van der Waals surface area contributed by atoms with Gasteiger partial charge < -0.3 is 20.5 Å². The fraction of sp³-hybridized carbons (Fsp3) is 0.562. The van der Waals surface area contributed by atoms with E-state index in [1.165, 1.54) is 0 Å². The normalized spacial score (nSPS) is 28.0. The van der Waals surface area contributed by atoms with Crippen molar-refractivity contribution in [3.63, 3.8) is 0 Å². The lowest BCUT2D eigenvalue weighted by atomic mass is 9.86. The van der Waals surface area contributed by atoms with Crippen LogP contribution < -0.4 is 20.5 Å². The van der Waals surface area contributed by atoms with Gasteiger partial charge in [0.15, 0.2) is 11.5 Å². The molecule has 1 aliphatic heterocycles. The minimum absolute atomic E-state index is 0.0987. The van der Waals surface area contributed by atoms with Crippen molar-refractivity contribution in [3.8, 4) is 11.5 Å². The number of hydrogen-bond acceptors (Lipinski definition) is 4. The molecule has 1 saturated carbocycles. The second-order valence-electron chi connectivity index (χ2n) is 5.85. The number of rotatable bonds is 3. The first kappa shape index (κ1) is 14.2. The number of carbonyl (C=O) groups is 1. The average Bonchev–Trinajstić information content (AvgIpc) is 2.53. The van der Waals surface area contributed by atoms with Gasteiger partial charge in [0.2, 0.25) is 5.91 Å². The molecule has 0 radical (unpaired) electrons. The van der Waals surface area contributed by atoms with Gasteiger partial charge in [-0.2, -0.15) is 0 Å². The highest BCUT2D eigenvalue weighted by molar-refractivity contribution is 5.78. The van der Waals surface area contributed by atoms with Crippen LogP contribution in [0.5, 0.6) is 11.5 Å². The lowest BCUT2D eigenvalue weighted by molar-refractivity contribution is -0.126. The molecular formula is C16H22N2O3. The maximum Gasteiger partial charge on any atom is 0.223 e. The summed E-state index contributed by atoms with van der Waals surface area (Å²) in [6.45, 7) is 0.947. The van der Waals surface area contributed by atoms with E-state index < -0.39 is 0 Å². The Kier molecular flexibility index (Phi) is 4.29. The molecule has 114 valence electrons. The quantitative estimate of drug-likeness (QED) is 0.884. The molecule has 1 aliphatic carbocycles. The van der Waals surface area contributed by atoms with Crippen molar-refractivity contribution in [1.82, 2.24) is 5.32 Å². The Balaban J connectivity index is 1.47. The molecule has 0 saturated heterocycles. The Hall–Kier alpha value is -1.75. The number of amides is 1. The fourth-order valence-corrected chi connectivity index (χ4v) is 2.90. The second-order valence-corrected chi connectivity index (χ2v) is 5.85. The highest BCUT2D eigenvalue weighted by atomic mass is 16.6. The summed E-state index contributed by atoms with van der Waals surface area (Å²) >= 11 is 0. The second kappa shape index (κ2) is 6.35. The molecule has 1 aromatic carbocycles. The third kappa shape index (κ3) is 3.47. The van der Waals surface area contributed by atoms with Gasteiger partial charge in [-0.1, -0.05) is 12.1 Å². The molecular weight excluding hydrogens is 268 g/mol. The first-order valence-corrected chi connectivity index (χ1v) is 7.64. The maximum atomic E-state index is 12.1. The molecule has 0 bridgehead atoms. The van der Waals surface area contributed by atoms with Crippen LogP contribution in [-0.4, -0.2) is 31.2 Å². The maximum absolute atomic E-state index is 12.1. The van der Waals surface area contributed by atoms with Gasteiger partial charge in [0.05, 0.1) is 6.54 Å². The topological polar surface area (TPSA) is 73.6 Å². The van der Waals surface area contributed by atoms with Crippen molar-refractivity contribution in [1.29, 1.82) is 0 Å². The molecule has 1 heterocycles. The van der Waals surface area contributed by atoms with Crippen LogP contribution in [0.4, 0.5) is 0 Å². The van der Waals surface area contributed by atoms with Crippen molar-refractivity contribution in [2.75, 3.05) is 13.2 Å². The predicted molar refractivity (Wildman–Crippen MR) is 79.3 cm³/mol. The van der Waals surface area contributed by atoms with Gasteiger partial charge in [0, 0.05) is 12.0 Å². The van der Waals surface area contributed by atoms with E-state index in [4.69, 9.17) is 15.2 Å². The van der Waals surface area contributed by atoms with E-state index in [1.54, 1.807) is 0 Å². The number of nitrogens with one attached hydrogen (secondary N) is 1. The Morgan fingerprint density at radius 3 is 2.67 bits per heavy atom. The van der Waals surface area contributed by atoms with Crippen LogP contribution in [0.2, 0.25) is 0 Å². The van der Waals surface area contributed by atoms with Crippen LogP contribution in [0.15, 0.2) is 24.3 Å². The largest absolute Gasteiger partial charge is 0.486 e. The van der Waals surface area contributed by atoms with Gasteiger partial charge in [-0.25, -0.2) is 0 Å². The van der Waals surface area contributed by atoms with Crippen LogP contribution in [0.25, 0.3) is 0 Å². The molecule has 1 aromatic rings. The van der Waals surface area contributed by atoms with Crippen molar-refractivity contribution in [2.45, 2.75) is 37.8 Å².